The number of carbonyl (C=O) groups is 1. The van der Waals surface area contributed by atoms with Gasteiger partial charge in [0.1, 0.15) is 41.1 Å². The van der Waals surface area contributed by atoms with Crippen LogP contribution in [-0.4, -0.2) is 60.0 Å². The van der Waals surface area contributed by atoms with Gasteiger partial charge in [0, 0.05) is 47.6 Å². The van der Waals surface area contributed by atoms with Crippen LogP contribution in [0.5, 0.6) is 5.75 Å². The molecule has 1 aliphatic rings. The zero-order chi connectivity index (χ0) is 28.8. The van der Waals surface area contributed by atoms with Crippen molar-refractivity contribution in [2.75, 3.05) is 19.8 Å². The van der Waals surface area contributed by atoms with Crippen LogP contribution in [0.4, 0.5) is 8.78 Å². The summed E-state index contributed by atoms with van der Waals surface area (Å²) in [6, 6.07) is 5.35. The maximum atomic E-state index is 15.7. The molecule has 41 heavy (non-hydrogen) atoms. The molecule has 0 fully saturated rings. The number of hydrogen-bond donors (Lipinski definition) is 1. The first-order valence-electron chi connectivity index (χ1n) is 12.9. The van der Waals surface area contributed by atoms with Crippen molar-refractivity contribution in [1.29, 1.82) is 0 Å². The molecule has 1 aliphatic heterocycles. The van der Waals surface area contributed by atoms with Crippen molar-refractivity contribution in [3.8, 4) is 39.7 Å². The van der Waals surface area contributed by atoms with Crippen LogP contribution in [0.25, 0.3) is 44.0 Å². The lowest BCUT2D eigenvalue weighted by Gasteiger charge is -2.33. The summed E-state index contributed by atoms with van der Waals surface area (Å²) in [6.45, 7) is 5.95. The van der Waals surface area contributed by atoms with E-state index in [1.54, 1.807) is 11.2 Å². The molecule has 1 atom stereocenters. The Labute approximate surface area is 238 Å². The first-order chi connectivity index (χ1) is 19.8. The van der Waals surface area contributed by atoms with Crippen LogP contribution < -0.4 is 4.74 Å². The van der Waals surface area contributed by atoms with E-state index in [1.807, 2.05) is 46.9 Å². The van der Waals surface area contributed by atoms with Gasteiger partial charge in [0.15, 0.2) is 0 Å². The lowest BCUT2D eigenvalue weighted by Crippen LogP contribution is -2.40. The summed E-state index contributed by atoms with van der Waals surface area (Å²) in [5, 5.41) is 16.8. The van der Waals surface area contributed by atoms with Crippen molar-refractivity contribution in [3.05, 3.63) is 72.2 Å². The van der Waals surface area contributed by atoms with Gasteiger partial charge in [0.25, 0.3) is 0 Å². The van der Waals surface area contributed by atoms with Gasteiger partial charge < -0.3 is 19.3 Å². The Hall–Kier alpha value is -4.42. The Bertz CT molecular complexity index is 1810. The van der Waals surface area contributed by atoms with Gasteiger partial charge in [-0.2, -0.15) is 5.10 Å². The molecule has 9 nitrogen and oxygen atoms in total. The number of aliphatic hydroxyl groups excluding tert-OH is 1. The molecule has 1 aromatic carbocycles. The standard InChI is InChI=1S/C29H26F2N6O3S/c1-4-24(39)36-6-7-37-22(16(36)2)13-20(34-37)28-26(25-19(31)11-17(30)12-23(25)40-9-8-38)29-18(5-10-41-29)27(33-28)21-14-35(3)15-32-21/h4-5,10-16,38H,1,6-9H2,2-3H3. The first kappa shape index (κ1) is 26.8. The largest absolute Gasteiger partial charge is 0.490 e. The zero-order valence-electron chi connectivity index (χ0n) is 22.3. The van der Waals surface area contributed by atoms with Gasteiger partial charge >= 0.3 is 0 Å². The lowest BCUT2D eigenvalue weighted by molar-refractivity contribution is -0.129. The van der Waals surface area contributed by atoms with Crippen LogP contribution in [0.3, 0.4) is 0 Å². The van der Waals surface area contributed by atoms with E-state index in [0.29, 0.717) is 46.1 Å². The Morgan fingerprint density at radius 2 is 2.05 bits per heavy atom. The van der Waals surface area contributed by atoms with E-state index in [-0.39, 0.29) is 36.5 Å². The number of ether oxygens (including phenoxy) is 1. The topological polar surface area (TPSA) is 98.3 Å². The van der Waals surface area contributed by atoms with Crippen LogP contribution in [0, 0.1) is 11.6 Å². The molecule has 0 bridgehead atoms. The number of hydrogen-bond acceptors (Lipinski definition) is 7. The number of benzene rings is 1. The van der Waals surface area contributed by atoms with E-state index < -0.39 is 11.6 Å². The molecule has 1 amide bonds. The van der Waals surface area contributed by atoms with E-state index in [9.17, 15) is 14.3 Å². The molecular weight excluding hydrogens is 550 g/mol. The number of rotatable bonds is 7. The van der Waals surface area contributed by atoms with Gasteiger partial charge in [-0.1, -0.05) is 6.58 Å². The van der Waals surface area contributed by atoms with Crippen LogP contribution in [0.2, 0.25) is 0 Å². The van der Waals surface area contributed by atoms with Gasteiger partial charge in [-0.3, -0.25) is 9.48 Å². The number of imidazole rings is 1. The highest BCUT2D eigenvalue weighted by molar-refractivity contribution is 7.18. The average molecular weight is 577 g/mol. The van der Waals surface area contributed by atoms with Crippen LogP contribution in [0.1, 0.15) is 18.7 Å². The van der Waals surface area contributed by atoms with E-state index in [0.717, 1.165) is 23.2 Å². The Morgan fingerprint density at radius 3 is 2.78 bits per heavy atom. The number of nitrogens with zero attached hydrogens (tertiary/aromatic N) is 6. The summed E-state index contributed by atoms with van der Waals surface area (Å²) in [5.41, 5.74) is 3.22. The quantitative estimate of drug-likeness (QED) is 0.275. The molecular formula is C29H26F2N6O3S. The fraction of sp³-hybridized carbons (Fsp3) is 0.241. The molecule has 1 unspecified atom stereocenters. The predicted molar refractivity (Wildman–Crippen MR) is 151 cm³/mol. The summed E-state index contributed by atoms with van der Waals surface area (Å²) in [5.74, 6) is -1.87. The number of aryl methyl sites for hydroxylation is 1. The highest BCUT2D eigenvalue weighted by atomic mass is 32.1. The van der Waals surface area contributed by atoms with E-state index >= 15 is 4.39 Å². The highest BCUT2D eigenvalue weighted by Gasteiger charge is 2.31. The SMILES string of the molecule is C=CC(=O)N1CCn2nc(-c3nc(-c4cn(C)cn4)c4ccsc4c3-c3c(F)cc(F)cc3OCCO)cc2C1C. The van der Waals surface area contributed by atoms with Crippen molar-refractivity contribution >= 4 is 27.3 Å². The summed E-state index contributed by atoms with van der Waals surface area (Å²) >= 11 is 1.38. The van der Waals surface area contributed by atoms with Crippen LogP contribution in [0.15, 0.2) is 54.8 Å². The van der Waals surface area contributed by atoms with Gasteiger partial charge in [-0.25, -0.2) is 18.7 Å². The van der Waals surface area contributed by atoms with Gasteiger partial charge in [-0.15, -0.1) is 11.3 Å². The number of thiophene rings is 1. The minimum Gasteiger partial charge on any atom is -0.490 e. The summed E-state index contributed by atoms with van der Waals surface area (Å²) in [6.07, 6.45) is 4.81. The molecule has 0 radical (unpaired) electrons. The molecule has 6 rings (SSSR count). The minimum absolute atomic E-state index is 0.0184. The molecule has 5 heterocycles. The number of amides is 1. The minimum atomic E-state index is -0.832. The number of aliphatic hydroxyl groups is 1. The Kier molecular flexibility index (Phi) is 6.88. The third-order valence-electron chi connectivity index (χ3n) is 7.13. The fourth-order valence-corrected chi connectivity index (χ4v) is 6.22. The smallest absolute Gasteiger partial charge is 0.246 e. The fourth-order valence-electron chi connectivity index (χ4n) is 5.27. The molecule has 0 saturated carbocycles. The van der Waals surface area contributed by atoms with Crippen LogP contribution in [-0.2, 0) is 18.4 Å². The van der Waals surface area contributed by atoms with E-state index in [2.05, 4.69) is 11.6 Å². The molecule has 0 spiro atoms. The molecule has 4 aromatic heterocycles. The van der Waals surface area contributed by atoms with Gasteiger partial charge in [0.2, 0.25) is 5.91 Å². The second-order valence-electron chi connectivity index (χ2n) is 9.69. The summed E-state index contributed by atoms with van der Waals surface area (Å²) < 4.78 is 40.1. The third kappa shape index (κ3) is 4.58. The van der Waals surface area contributed by atoms with Crippen molar-refractivity contribution in [1.82, 2.24) is 29.2 Å². The Morgan fingerprint density at radius 1 is 1.22 bits per heavy atom. The molecule has 0 aliphatic carbocycles. The van der Waals surface area contributed by atoms with Crippen molar-refractivity contribution in [2.24, 2.45) is 7.05 Å². The van der Waals surface area contributed by atoms with Gasteiger partial charge in [0.05, 0.1) is 42.5 Å². The monoisotopic (exact) mass is 576 g/mol. The molecule has 12 heteroatoms. The summed E-state index contributed by atoms with van der Waals surface area (Å²) in [4.78, 5) is 23.7. The van der Waals surface area contributed by atoms with Gasteiger partial charge in [-0.05, 0) is 30.5 Å². The molecule has 5 aromatic rings. The normalized spacial score (nSPS) is 14.9. The summed E-state index contributed by atoms with van der Waals surface area (Å²) in [7, 11) is 1.86. The second-order valence-corrected chi connectivity index (χ2v) is 10.6. The van der Waals surface area contributed by atoms with E-state index in [1.165, 1.54) is 17.4 Å². The van der Waals surface area contributed by atoms with Crippen molar-refractivity contribution < 1.29 is 23.4 Å². The highest BCUT2D eigenvalue weighted by Crippen LogP contribution is 2.47. The number of aromatic nitrogens is 5. The van der Waals surface area contributed by atoms with Crippen molar-refractivity contribution in [2.45, 2.75) is 19.5 Å². The molecule has 0 saturated heterocycles. The van der Waals surface area contributed by atoms with Crippen molar-refractivity contribution in [3.63, 3.8) is 0 Å². The third-order valence-corrected chi connectivity index (χ3v) is 8.06. The Balaban J connectivity index is 1.64. The second kappa shape index (κ2) is 10.5. The average Bonchev–Trinajstić information content (AvgIpc) is 3.71. The maximum absolute atomic E-state index is 15.7. The number of carbonyl (C=O) groups excluding carboxylic acids is 1. The number of pyridine rings is 1. The zero-order valence-corrected chi connectivity index (χ0v) is 23.2. The maximum Gasteiger partial charge on any atom is 0.246 e. The number of halogens is 2. The lowest BCUT2D eigenvalue weighted by atomic mass is 9.97. The number of fused-ring (bicyclic) bond motifs is 2. The van der Waals surface area contributed by atoms with Crippen LogP contribution >= 0.6 is 11.3 Å². The predicted octanol–water partition coefficient (Wildman–Crippen LogP) is 4.97. The molecule has 210 valence electrons. The van der Waals surface area contributed by atoms with E-state index in [4.69, 9.17) is 14.8 Å². The first-order valence-corrected chi connectivity index (χ1v) is 13.8. The molecule has 1 N–H and O–H groups in total.